The summed E-state index contributed by atoms with van der Waals surface area (Å²) in [6, 6.07) is 14.3. The highest BCUT2D eigenvalue weighted by molar-refractivity contribution is 7.89. The maximum atomic E-state index is 12.7. The van der Waals surface area contributed by atoms with Gasteiger partial charge in [-0.1, -0.05) is 47.5 Å². The zero-order valence-electron chi connectivity index (χ0n) is 13.0. The van der Waals surface area contributed by atoms with Gasteiger partial charge in [0, 0.05) is 19.1 Å². The van der Waals surface area contributed by atoms with Crippen LogP contribution >= 0.6 is 23.2 Å². The highest BCUT2D eigenvalue weighted by Gasteiger charge is 2.30. The molecular weight excluding hydrogens is 367 g/mol. The second-order valence-corrected chi connectivity index (χ2v) is 8.45. The lowest BCUT2D eigenvalue weighted by atomic mass is 10.1. The van der Waals surface area contributed by atoms with Crippen molar-refractivity contribution in [3.63, 3.8) is 0 Å². The van der Waals surface area contributed by atoms with Gasteiger partial charge in [0.05, 0.1) is 15.7 Å². The Hall–Kier alpha value is -1.27. The summed E-state index contributed by atoms with van der Waals surface area (Å²) in [6.45, 7) is 0.908. The summed E-state index contributed by atoms with van der Waals surface area (Å²) in [7, 11) is -3.55. The first-order valence-electron chi connectivity index (χ1n) is 7.74. The molecule has 1 aliphatic rings. The molecule has 7 heteroatoms. The molecule has 128 valence electrons. The van der Waals surface area contributed by atoms with Crippen LogP contribution in [0.2, 0.25) is 10.0 Å². The molecule has 1 heterocycles. The van der Waals surface area contributed by atoms with Crippen LogP contribution in [0.5, 0.6) is 0 Å². The van der Waals surface area contributed by atoms with Gasteiger partial charge in [-0.3, -0.25) is 0 Å². The molecule has 0 unspecified atom stereocenters. The number of nitrogens with zero attached hydrogens (tertiary/aromatic N) is 1. The topological polar surface area (TPSA) is 49.4 Å². The Bertz CT molecular complexity index is 819. The Labute approximate surface area is 152 Å². The molecule has 2 aromatic carbocycles. The van der Waals surface area contributed by atoms with E-state index in [1.54, 1.807) is 24.3 Å². The number of nitrogens with one attached hydrogen (secondary N) is 1. The fourth-order valence-corrected chi connectivity index (χ4v) is 4.98. The largest absolute Gasteiger partial charge is 0.381 e. The molecule has 0 aromatic heterocycles. The van der Waals surface area contributed by atoms with Gasteiger partial charge >= 0.3 is 0 Å². The van der Waals surface area contributed by atoms with Crippen LogP contribution in [0, 0.1) is 0 Å². The van der Waals surface area contributed by atoms with Crippen LogP contribution in [0.15, 0.2) is 53.4 Å². The standard InChI is InChI=1S/C17H18Cl2N2O2S/c18-14-5-1-3-7-16(14)20-13-9-11-21(12-10-13)24(22,23)17-8-4-2-6-15(17)19/h1-8,13,20H,9-12H2. The molecule has 0 bridgehead atoms. The Balaban J connectivity index is 1.67. The summed E-state index contributed by atoms with van der Waals surface area (Å²) in [6.07, 6.45) is 1.43. The van der Waals surface area contributed by atoms with Crippen molar-refractivity contribution in [2.75, 3.05) is 18.4 Å². The van der Waals surface area contributed by atoms with E-state index in [9.17, 15) is 8.42 Å². The highest BCUT2D eigenvalue weighted by Crippen LogP contribution is 2.28. The van der Waals surface area contributed by atoms with E-state index >= 15 is 0 Å². The van der Waals surface area contributed by atoms with E-state index in [0.29, 0.717) is 18.1 Å². The molecule has 4 nitrogen and oxygen atoms in total. The van der Waals surface area contributed by atoms with Gasteiger partial charge in [-0.2, -0.15) is 4.31 Å². The van der Waals surface area contributed by atoms with Crippen molar-refractivity contribution in [2.45, 2.75) is 23.8 Å². The predicted octanol–water partition coefficient (Wildman–Crippen LogP) is 4.26. The molecule has 1 N–H and O–H groups in total. The maximum absolute atomic E-state index is 12.7. The molecule has 1 saturated heterocycles. The van der Waals surface area contributed by atoms with Crippen LogP contribution < -0.4 is 5.32 Å². The summed E-state index contributed by atoms with van der Waals surface area (Å²) >= 11 is 12.2. The summed E-state index contributed by atoms with van der Waals surface area (Å²) in [5, 5.41) is 4.32. The number of para-hydroxylation sites is 1. The predicted molar refractivity (Wildman–Crippen MR) is 98.3 cm³/mol. The van der Waals surface area contributed by atoms with Gasteiger partial charge < -0.3 is 5.32 Å². The lowest BCUT2D eigenvalue weighted by Crippen LogP contribution is -2.42. The minimum Gasteiger partial charge on any atom is -0.381 e. The molecule has 0 radical (unpaired) electrons. The molecular formula is C17H18Cl2N2O2S. The lowest BCUT2D eigenvalue weighted by Gasteiger charge is -2.32. The average Bonchev–Trinajstić information content (AvgIpc) is 2.58. The summed E-state index contributed by atoms with van der Waals surface area (Å²) < 4.78 is 27.0. The third-order valence-corrected chi connectivity index (χ3v) is 6.87. The second kappa shape index (κ2) is 7.31. The first-order valence-corrected chi connectivity index (χ1v) is 9.94. The number of hydrogen-bond acceptors (Lipinski definition) is 3. The number of hydrogen-bond donors (Lipinski definition) is 1. The van der Waals surface area contributed by atoms with Gasteiger partial charge in [-0.15, -0.1) is 0 Å². The van der Waals surface area contributed by atoms with E-state index in [0.717, 1.165) is 18.5 Å². The first kappa shape index (κ1) is 17.5. The third-order valence-electron chi connectivity index (χ3n) is 4.14. The van der Waals surface area contributed by atoms with Crippen molar-refractivity contribution >= 4 is 38.9 Å². The molecule has 2 aromatic rings. The van der Waals surface area contributed by atoms with Crippen LogP contribution in [0.1, 0.15) is 12.8 Å². The van der Waals surface area contributed by atoms with E-state index in [-0.39, 0.29) is 16.0 Å². The van der Waals surface area contributed by atoms with Crippen molar-refractivity contribution in [1.82, 2.24) is 4.31 Å². The smallest absolute Gasteiger partial charge is 0.244 e. The minimum absolute atomic E-state index is 0.171. The zero-order chi connectivity index (χ0) is 17.2. The van der Waals surface area contributed by atoms with E-state index in [1.165, 1.54) is 4.31 Å². The van der Waals surface area contributed by atoms with Crippen LogP contribution in [0.4, 0.5) is 5.69 Å². The summed E-state index contributed by atoms with van der Waals surface area (Å²) in [4.78, 5) is 0.171. The SMILES string of the molecule is O=S(=O)(c1ccccc1Cl)N1CCC(Nc2ccccc2Cl)CC1. The molecule has 0 spiro atoms. The van der Waals surface area contributed by atoms with Crippen LogP contribution in [-0.4, -0.2) is 31.9 Å². The zero-order valence-corrected chi connectivity index (χ0v) is 15.3. The molecule has 24 heavy (non-hydrogen) atoms. The van der Waals surface area contributed by atoms with Gasteiger partial charge in [0.2, 0.25) is 10.0 Å². The molecule has 1 aliphatic heterocycles. The number of piperidine rings is 1. The van der Waals surface area contributed by atoms with Crippen molar-refractivity contribution < 1.29 is 8.42 Å². The van der Waals surface area contributed by atoms with Gasteiger partial charge in [-0.25, -0.2) is 8.42 Å². The Morgan fingerprint density at radius 1 is 0.917 bits per heavy atom. The number of anilines is 1. The molecule has 0 atom stereocenters. The Morgan fingerprint density at radius 3 is 2.12 bits per heavy atom. The maximum Gasteiger partial charge on any atom is 0.244 e. The van der Waals surface area contributed by atoms with Crippen LogP contribution in [-0.2, 0) is 10.0 Å². The van der Waals surface area contributed by atoms with Crippen molar-refractivity contribution in [3.8, 4) is 0 Å². The first-order chi connectivity index (χ1) is 11.5. The monoisotopic (exact) mass is 384 g/mol. The molecule has 3 rings (SSSR count). The lowest BCUT2D eigenvalue weighted by molar-refractivity contribution is 0.330. The second-order valence-electron chi connectivity index (χ2n) is 5.73. The summed E-state index contributed by atoms with van der Waals surface area (Å²) in [5.41, 5.74) is 0.881. The Morgan fingerprint density at radius 2 is 1.50 bits per heavy atom. The van der Waals surface area contributed by atoms with Gasteiger partial charge in [0.15, 0.2) is 0 Å². The molecule has 0 amide bonds. The number of benzene rings is 2. The van der Waals surface area contributed by atoms with Crippen LogP contribution in [0.25, 0.3) is 0 Å². The van der Waals surface area contributed by atoms with E-state index in [1.807, 2.05) is 24.3 Å². The van der Waals surface area contributed by atoms with E-state index in [4.69, 9.17) is 23.2 Å². The van der Waals surface area contributed by atoms with Crippen molar-refractivity contribution in [1.29, 1.82) is 0 Å². The van der Waals surface area contributed by atoms with Crippen LogP contribution in [0.3, 0.4) is 0 Å². The highest BCUT2D eigenvalue weighted by atomic mass is 35.5. The molecule has 0 saturated carbocycles. The molecule has 1 fully saturated rings. The average molecular weight is 385 g/mol. The van der Waals surface area contributed by atoms with Gasteiger partial charge in [0.25, 0.3) is 0 Å². The Kier molecular flexibility index (Phi) is 5.35. The van der Waals surface area contributed by atoms with Gasteiger partial charge in [-0.05, 0) is 37.1 Å². The molecule has 0 aliphatic carbocycles. The van der Waals surface area contributed by atoms with E-state index in [2.05, 4.69) is 5.32 Å². The number of rotatable bonds is 4. The fourth-order valence-electron chi connectivity index (χ4n) is 2.83. The summed E-state index contributed by atoms with van der Waals surface area (Å²) in [5.74, 6) is 0. The van der Waals surface area contributed by atoms with Crippen molar-refractivity contribution in [2.24, 2.45) is 0 Å². The number of halogens is 2. The normalized spacial score (nSPS) is 16.9. The number of sulfonamides is 1. The third kappa shape index (κ3) is 3.70. The van der Waals surface area contributed by atoms with Crippen molar-refractivity contribution in [3.05, 3.63) is 58.6 Å². The van der Waals surface area contributed by atoms with E-state index < -0.39 is 10.0 Å². The minimum atomic E-state index is -3.55. The van der Waals surface area contributed by atoms with Gasteiger partial charge in [0.1, 0.15) is 4.90 Å². The quantitative estimate of drug-likeness (QED) is 0.856. The fraction of sp³-hybridized carbons (Fsp3) is 0.294.